The van der Waals surface area contributed by atoms with Crippen LogP contribution in [0.3, 0.4) is 0 Å². The molecule has 0 fully saturated rings. The summed E-state index contributed by atoms with van der Waals surface area (Å²) in [4.78, 5) is 19.5. The lowest BCUT2D eigenvalue weighted by atomic mass is 10.0. The van der Waals surface area contributed by atoms with E-state index in [2.05, 4.69) is 15.3 Å². The smallest absolute Gasteiger partial charge is 0.270 e. The Labute approximate surface area is 174 Å². The number of hydrogen-bond acceptors (Lipinski definition) is 7. The molecule has 0 saturated heterocycles. The average molecular weight is 427 g/mol. The van der Waals surface area contributed by atoms with Crippen LogP contribution in [0.4, 0.5) is 11.5 Å². The van der Waals surface area contributed by atoms with Crippen LogP contribution in [0.5, 0.6) is 0 Å². The van der Waals surface area contributed by atoms with Crippen LogP contribution in [-0.2, 0) is 10.0 Å². The predicted molar refractivity (Wildman–Crippen MR) is 113 cm³/mol. The molecule has 3 aromatic rings. The second-order valence-corrected chi connectivity index (χ2v) is 8.31. The number of rotatable bonds is 7. The van der Waals surface area contributed by atoms with Gasteiger partial charge in [-0.1, -0.05) is 31.2 Å². The summed E-state index contributed by atoms with van der Waals surface area (Å²) in [6.45, 7) is 3.76. The molecule has 1 atom stereocenters. The van der Waals surface area contributed by atoms with Crippen LogP contribution in [0, 0.1) is 17.0 Å². The first kappa shape index (κ1) is 21.3. The minimum atomic E-state index is -3.81. The number of non-ortho nitro benzene ring substituents is 1. The van der Waals surface area contributed by atoms with E-state index in [0.717, 1.165) is 5.56 Å². The van der Waals surface area contributed by atoms with Gasteiger partial charge in [-0.05, 0) is 31.0 Å². The van der Waals surface area contributed by atoms with Crippen molar-refractivity contribution >= 4 is 21.5 Å². The molecule has 0 aliphatic carbocycles. The first-order chi connectivity index (χ1) is 14.2. The Hall–Kier alpha value is -3.37. The van der Waals surface area contributed by atoms with Crippen LogP contribution in [-0.4, -0.2) is 23.3 Å². The number of sulfonamides is 1. The van der Waals surface area contributed by atoms with E-state index >= 15 is 0 Å². The maximum absolute atomic E-state index is 11.7. The minimum absolute atomic E-state index is 0.0383. The number of anilines is 1. The lowest BCUT2D eigenvalue weighted by Crippen LogP contribution is -2.15. The Morgan fingerprint density at radius 2 is 1.87 bits per heavy atom. The Kier molecular flexibility index (Phi) is 6.09. The number of primary sulfonamides is 1. The molecule has 1 aromatic heterocycles. The number of nitrogens with two attached hydrogens (primary N) is 1. The molecular weight excluding hydrogens is 406 g/mol. The second-order valence-electron chi connectivity index (χ2n) is 6.75. The number of nitro groups is 1. The van der Waals surface area contributed by atoms with Crippen molar-refractivity contribution in [3.63, 3.8) is 0 Å². The molecule has 3 rings (SSSR count). The van der Waals surface area contributed by atoms with Gasteiger partial charge in [0.15, 0.2) is 5.82 Å². The Morgan fingerprint density at radius 3 is 2.53 bits per heavy atom. The SMILES string of the molecule is CCC(Nc1cc(C)nc(-c2cccc([N+](=O)[O-])c2)n1)c1cccc(S(N)(=O)=O)c1. The molecule has 10 heteroatoms. The molecule has 3 N–H and O–H groups in total. The standard InChI is InChI=1S/C20H21N5O4S/c1-3-18(14-6-5-9-17(12-14)30(21,28)29)23-19-10-13(2)22-20(24-19)15-7-4-8-16(11-15)25(26)27/h4-12,18H,3H2,1-2H3,(H2,21,28,29)(H,22,23,24). The first-order valence-corrected chi connectivity index (χ1v) is 10.7. The van der Waals surface area contributed by atoms with Crippen LogP contribution in [0.15, 0.2) is 59.5 Å². The molecule has 156 valence electrons. The quantitative estimate of drug-likeness (QED) is 0.433. The molecule has 1 unspecified atom stereocenters. The molecule has 0 aliphatic heterocycles. The van der Waals surface area contributed by atoms with Gasteiger partial charge in [0, 0.05) is 29.5 Å². The van der Waals surface area contributed by atoms with Crippen LogP contribution < -0.4 is 10.5 Å². The highest BCUT2D eigenvalue weighted by Crippen LogP contribution is 2.26. The van der Waals surface area contributed by atoms with Crippen LogP contribution >= 0.6 is 0 Å². The van der Waals surface area contributed by atoms with Gasteiger partial charge < -0.3 is 5.32 Å². The van der Waals surface area contributed by atoms with Gasteiger partial charge >= 0.3 is 0 Å². The van der Waals surface area contributed by atoms with Crippen LogP contribution in [0.25, 0.3) is 11.4 Å². The third-order valence-electron chi connectivity index (χ3n) is 4.49. The third kappa shape index (κ3) is 4.97. The zero-order valence-corrected chi connectivity index (χ0v) is 17.3. The summed E-state index contributed by atoms with van der Waals surface area (Å²) >= 11 is 0. The number of aryl methyl sites for hydroxylation is 1. The van der Waals surface area contributed by atoms with E-state index in [-0.39, 0.29) is 16.6 Å². The molecule has 1 heterocycles. The minimum Gasteiger partial charge on any atom is -0.363 e. The molecule has 0 aliphatic rings. The van der Waals surface area contributed by atoms with Gasteiger partial charge in [0.1, 0.15) is 5.82 Å². The van der Waals surface area contributed by atoms with E-state index in [1.54, 1.807) is 31.2 Å². The summed E-state index contributed by atoms with van der Waals surface area (Å²) in [7, 11) is -3.81. The van der Waals surface area contributed by atoms with Gasteiger partial charge in [0.25, 0.3) is 5.69 Å². The van der Waals surface area contributed by atoms with Gasteiger partial charge in [-0.2, -0.15) is 0 Å². The Balaban J connectivity index is 1.95. The summed E-state index contributed by atoms with van der Waals surface area (Å²) in [5.41, 5.74) is 1.91. The van der Waals surface area contributed by atoms with E-state index in [1.807, 2.05) is 13.0 Å². The van der Waals surface area contributed by atoms with Gasteiger partial charge in [-0.3, -0.25) is 10.1 Å². The van der Waals surface area contributed by atoms with Crippen molar-refractivity contribution in [2.75, 3.05) is 5.32 Å². The van der Waals surface area contributed by atoms with E-state index in [4.69, 9.17) is 5.14 Å². The van der Waals surface area contributed by atoms with Crippen molar-refractivity contribution in [3.8, 4) is 11.4 Å². The third-order valence-corrected chi connectivity index (χ3v) is 5.40. The van der Waals surface area contributed by atoms with Crippen molar-refractivity contribution in [2.24, 2.45) is 5.14 Å². The molecule has 9 nitrogen and oxygen atoms in total. The van der Waals surface area contributed by atoms with Gasteiger partial charge in [0.05, 0.1) is 15.9 Å². The normalized spacial score (nSPS) is 12.4. The van der Waals surface area contributed by atoms with Crippen molar-refractivity contribution in [3.05, 3.63) is 76.0 Å². The van der Waals surface area contributed by atoms with Crippen molar-refractivity contribution in [1.29, 1.82) is 0 Å². The second kappa shape index (κ2) is 8.56. The average Bonchev–Trinajstić information content (AvgIpc) is 2.71. The molecule has 0 bridgehead atoms. The monoisotopic (exact) mass is 427 g/mol. The maximum Gasteiger partial charge on any atom is 0.270 e. The summed E-state index contributed by atoms with van der Waals surface area (Å²) in [6, 6.07) is 14.1. The molecule has 0 spiro atoms. The zero-order valence-electron chi connectivity index (χ0n) is 16.4. The van der Waals surface area contributed by atoms with E-state index in [1.165, 1.54) is 24.3 Å². The highest BCUT2D eigenvalue weighted by atomic mass is 32.2. The van der Waals surface area contributed by atoms with Crippen molar-refractivity contribution in [1.82, 2.24) is 9.97 Å². The molecular formula is C20H21N5O4S. The number of nitrogens with zero attached hydrogens (tertiary/aromatic N) is 3. The predicted octanol–water partition coefficient (Wildman–Crippen LogP) is 3.57. The van der Waals surface area contributed by atoms with Crippen molar-refractivity contribution < 1.29 is 13.3 Å². The topological polar surface area (TPSA) is 141 Å². The molecule has 2 aromatic carbocycles. The van der Waals surface area contributed by atoms with Gasteiger partial charge in [-0.25, -0.2) is 23.5 Å². The maximum atomic E-state index is 11.7. The summed E-state index contributed by atoms with van der Waals surface area (Å²) in [5, 5.41) is 19.6. The van der Waals surface area contributed by atoms with Crippen LogP contribution in [0.2, 0.25) is 0 Å². The molecule has 0 amide bonds. The number of nitrogens with one attached hydrogen (secondary N) is 1. The fourth-order valence-corrected chi connectivity index (χ4v) is 3.61. The number of nitro benzene ring substituents is 1. The fraction of sp³-hybridized carbons (Fsp3) is 0.200. The van der Waals surface area contributed by atoms with E-state index < -0.39 is 14.9 Å². The number of hydrogen-bond donors (Lipinski definition) is 2. The largest absolute Gasteiger partial charge is 0.363 e. The van der Waals surface area contributed by atoms with Crippen LogP contribution in [0.1, 0.15) is 30.6 Å². The lowest BCUT2D eigenvalue weighted by Gasteiger charge is -2.19. The summed E-state index contributed by atoms with van der Waals surface area (Å²) < 4.78 is 23.3. The van der Waals surface area contributed by atoms with E-state index in [9.17, 15) is 18.5 Å². The van der Waals surface area contributed by atoms with Gasteiger partial charge in [-0.15, -0.1) is 0 Å². The van der Waals surface area contributed by atoms with E-state index in [0.29, 0.717) is 29.3 Å². The summed E-state index contributed by atoms with van der Waals surface area (Å²) in [6.07, 6.45) is 0.656. The Bertz CT molecular complexity index is 1200. The Morgan fingerprint density at radius 1 is 1.13 bits per heavy atom. The van der Waals surface area contributed by atoms with Crippen molar-refractivity contribution in [2.45, 2.75) is 31.2 Å². The molecule has 30 heavy (non-hydrogen) atoms. The number of aromatic nitrogens is 2. The molecule has 0 saturated carbocycles. The van der Waals surface area contributed by atoms with Gasteiger partial charge in [0.2, 0.25) is 10.0 Å². The zero-order chi connectivity index (χ0) is 21.9. The number of benzene rings is 2. The fourth-order valence-electron chi connectivity index (χ4n) is 3.04. The first-order valence-electron chi connectivity index (χ1n) is 9.17. The highest BCUT2D eigenvalue weighted by molar-refractivity contribution is 7.89. The summed E-state index contributed by atoms with van der Waals surface area (Å²) in [5.74, 6) is 0.881. The lowest BCUT2D eigenvalue weighted by molar-refractivity contribution is -0.384. The molecule has 0 radical (unpaired) electrons. The highest BCUT2D eigenvalue weighted by Gasteiger charge is 2.16.